The van der Waals surface area contributed by atoms with Gasteiger partial charge in [-0.15, -0.1) is 0 Å². The van der Waals surface area contributed by atoms with Crippen LogP contribution in [0.1, 0.15) is 31.7 Å². The molecule has 0 aliphatic rings. The number of hydrogen-bond donors (Lipinski definition) is 2. The molecule has 0 fully saturated rings. The number of allylic oxidation sites excluding steroid dienone is 1. The minimum absolute atomic E-state index is 0.111. The Morgan fingerprint density at radius 2 is 1.90 bits per heavy atom. The highest BCUT2D eigenvalue weighted by atomic mass is 16.1. The lowest BCUT2D eigenvalue weighted by Gasteiger charge is -2.04. The molecule has 0 aliphatic carbocycles. The number of primary amides is 1. The number of rotatable bonds is 8. The second-order valence-corrected chi connectivity index (χ2v) is 4.84. The van der Waals surface area contributed by atoms with Gasteiger partial charge < -0.3 is 11.1 Å². The SMILES string of the molecule is C/C(=C\C(=O)NCCCC(N)=O)CCc1ccccc1. The summed E-state index contributed by atoms with van der Waals surface area (Å²) in [7, 11) is 0. The normalized spacial score (nSPS) is 11.2. The molecular weight excluding hydrogens is 252 g/mol. The van der Waals surface area contributed by atoms with Crippen molar-refractivity contribution in [2.45, 2.75) is 32.6 Å². The molecule has 0 saturated heterocycles. The van der Waals surface area contributed by atoms with Crippen molar-refractivity contribution < 1.29 is 9.59 Å². The van der Waals surface area contributed by atoms with Crippen LogP contribution in [0.15, 0.2) is 42.0 Å². The summed E-state index contributed by atoms with van der Waals surface area (Å²) in [5.41, 5.74) is 7.33. The van der Waals surface area contributed by atoms with Crippen molar-refractivity contribution in [3.05, 3.63) is 47.5 Å². The van der Waals surface area contributed by atoms with E-state index >= 15 is 0 Å². The molecular formula is C16H22N2O2. The van der Waals surface area contributed by atoms with E-state index in [9.17, 15) is 9.59 Å². The Balaban J connectivity index is 2.25. The lowest BCUT2D eigenvalue weighted by Crippen LogP contribution is -2.24. The monoisotopic (exact) mass is 274 g/mol. The zero-order chi connectivity index (χ0) is 14.8. The predicted molar refractivity (Wildman–Crippen MR) is 80.0 cm³/mol. The maximum absolute atomic E-state index is 11.6. The molecule has 20 heavy (non-hydrogen) atoms. The fourth-order valence-corrected chi connectivity index (χ4v) is 1.81. The second kappa shape index (κ2) is 8.91. The molecule has 0 atom stereocenters. The van der Waals surface area contributed by atoms with Gasteiger partial charge in [0.2, 0.25) is 11.8 Å². The molecule has 0 aliphatic heterocycles. The van der Waals surface area contributed by atoms with Crippen LogP contribution in [0.5, 0.6) is 0 Å². The van der Waals surface area contributed by atoms with E-state index in [1.807, 2.05) is 25.1 Å². The Morgan fingerprint density at radius 1 is 1.20 bits per heavy atom. The van der Waals surface area contributed by atoms with Gasteiger partial charge in [0.1, 0.15) is 0 Å². The molecule has 0 radical (unpaired) electrons. The number of nitrogens with one attached hydrogen (secondary N) is 1. The van der Waals surface area contributed by atoms with Gasteiger partial charge in [0.05, 0.1) is 0 Å². The van der Waals surface area contributed by atoms with Crippen molar-refractivity contribution in [3.63, 3.8) is 0 Å². The molecule has 0 spiro atoms. The summed E-state index contributed by atoms with van der Waals surface area (Å²) in [4.78, 5) is 22.1. The van der Waals surface area contributed by atoms with Crippen LogP contribution in [0.4, 0.5) is 0 Å². The standard InChI is InChI=1S/C16H22N2O2/c1-13(9-10-14-6-3-2-4-7-14)12-16(20)18-11-5-8-15(17)19/h2-4,6-7,12H,5,8-11H2,1H3,(H2,17,19)(H,18,20)/b13-12+. The molecule has 0 bridgehead atoms. The smallest absolute Gasteiger partial charge is 0.243 e. The fourth-order valence-electron chi connectivity index (χ4n) is 1.81. The maximum atomic E-state index is 11.6. The van der Waals surface area contributed by atoms with Crippen molar-refractivity contribution in [2.24, 2.45) is 5.73 Å². The Hall–Kier alpha value is -2.10. The van der Waals surface area contributed by atoms with Crippen molar-refractivity contribution in [1.29, 1.82) is 0 Å². The summed E-state index contributed by atoms with van der Waals surface area (Å²) in [6, 6.07) is 10.2. The van der Waals surface area contributed by atoms with Crippen LogP contribution in [0, 0.1) is 0 Å². The van der Waals surface area contributed by atoms with Gasteiger partial charge in [-0.2, -0.15) is 0 Å². The molecule has 1 aromatic carbocycles. The van der Waals surface area contributed by atoms with E-state index in [0.717, 1.165) is 18.4 Å². The maximum Gasteiger partial charge on any atom is 0.243 e. The zero-order valence-electron chi connectivity index (χ0n) is 11.9. The number of benzene rings is 1. The molecule has 0 aromatic heterocycles. The van der Waals surface area contributed by atoms with Gasteiger partial charge in [0, 0.05) is 19.0 Å². The fraction of sp³-hybridized carbons (Fsp3) is 0.375. The van der Waals surface area contributed by atoms with Gasteiger partial charge in [-0.1, -0.05) is 35.9 Å². The lowest BCUT2D eigenvalue weighted by atomic mass is 10.1. The summed E-state index contributed by atoms with van der Waals surface area (Å²) in [6.07, 6.45) is 4.29. The predicted octanol–water partition coefficient (Wildman–Crippen LogP) is 1.95. The summed E-state index contributed by atoms with van der Waals surface area (Å²) >= 11 is 0. The third kappa shape index (κ3) is 7.36. The molecule has 0 saturated carbocycles. The van der Waals surface area contributed by atoms with Gasteiger partial charge in [-0.3, -0.25) is 9.59 Å². The highest BCUT2D eigenvalue weighted by Crippen LogP contribution is 2.08. The van der Waals surface area contributed by atoms with Crippen LogP contribution in [-0.4, -0.2) is 18.4 Å². The Bertz CT molecular complexity index is 467. The first-order valence-electron chi connectivity index (χ1n) is 6.85. The van der Waals surface area contributed by atoms with Crippen LogP contribution in [-0.2, 0) is 16.0 Å². The van der Waals surface area contributed by atoms with Crippen molar-refractivity contribution in [1.82, 2.24) is 5.32 Å². The number of carbonyl (C=O) groups excluding carboxylic acids is 2. The van der Waals surface area contributed by atoms with E-state index in [-0.39, 0.29) is 11.8 Å². The van der Waals surface area contributed by atoms with Crippen LogP contribution >= 0.6 is 0 Å². The average Bonchev–Trinajstić information content (AvgIpc) is 2.42. The molecule has 1 aromatic rings. The number of nitrogens with two attached hydrogens (primary N) is 1. The molecule has 2 amide bonds. The summed E-state index contributed by atoms with van der Waals surface area (Å²) in [6.45, 7) is 2.43. The largest absolute Gasteiger partial charge is 0.370 e. The van der Waals surface area contributed by atoms with Gasteiger partial charge in [-0.05, 0) is 31.7 Å². The molecule has 0 heterocycles. The van der Waals surface area contributed by atoms with E-state index in [1.165, 1.54) is 5.56 Å². The molecule has 1 rings (SSSR count). The van der Waals surface area contributed by atoms with E-state index < -0.39 is 0 Å². The van der Waals surface area contributed by atoms with Gasteiger partial charge in [0.25, 0.3) is 0 Å². The average molecular weight is 274 g/mol. The molecule has 3 N–H and O–H groups in total. The summed E-state index contributed by atoms with van der Waals surface area (Å²) in [5, 5.41) is 2.74. The molecule has 4 nitrogen and oxygen atoms in total. The number of aryl methyl sites for hydroxylation is 1. The highest BCUT2D eigenvalue weighted by Gasteiger charge is 2.00. The van der Waals surface area contributed by atoms with Gasteiger partial charge in [-0.25, -0.2) is 0 Å². The first kappa shape index (κ1) is 16.0. The van der Waals surface area contributed by atoms with Crippen LogP contribution in [0.2, 0.25) is 0 Å². The number of amides is 2. The van der Waals surface area contributed by atoms with Crippen molar-refractivity contribution >= 4 is 11.8 Å². The second-order valence-electron chi connectivity index (χ2n) is 4.84. The van der Waals surface area contributed by atoms with E-state index in [1.54, 1.807) is 6.08 Å². The Kier molecular flexibility index (Phi) is 7.11. The van der Waals surface area contributed by atoms with Gasteiger partial charge in [0.15, 0.2) is 0 Å². The lowest BCUT2D eigenvalue weighted by molar-refractivity contribution is -0.119. The summed E-state index contributed by atoms with van der Waals surface area (Å²) in [5.74, 6) is -0.450. The van der Waals surface area contributed by atoms with E-state index in [0.29, 0.717) is 19.4 Å². The van der Waals surface area contributed by atoms with E-state index in [2.05, 4.69) is 17.4 Å². The molecule has 108 valence electrons. The summed E-state index contributed by atoms with van der Waals surface area (Å²) < 4.78 is 0. The van der Waals surface area contributed by atoms with Gasteiger partial charge >= 0.3 is 0 Å². The highest BCUT2D eigenvalue weighted by molar-refractivity contribution is 5.88. The first-order chi connectivity index (χ1) is 9.58. The minimum atomic E-state index is -0.339. The molecule has 0 unspecified atom stereocenters. The Morgan fingerprint density at radius 3 is 2.55 bits per heavy atom. The van der Waals surface area contributed by atoms with Crippen LogP contribution in [0.25, 0.3) is 0 Å². The molecule has 4 heteroatoms. The first-order valence-corrected chi connectivity index (χ1v) is 6.85. The third-order valence-corrected chi connectivity index (χ3v) is 2.93. The topological polar surface area (TPSA) is 72.2 Å². The van der Waals surface area contributed by atoms with Crippen LogP contribution < -0.4 is 11.1 Å². The quantitative estimate of drug-likeness (QED) is 0.562. The number of carbonyl (C=O) groups is 2. The van der Waals surface area contributed by atoms with Crippen molar-refractivity contribution in [2.75, 3.05) is 6.54 Å². The third-order valence-electron chi connectivity index (χ3n) is 2.93. The minimum Gasteiger partial charge on any atom is -0.370 e. The number of hydrogen-bond acceptors (Lipinski definition) is 2. The van der Waals surface area contributed by atoms with E-state index in [4.69, 9.17) is 5.73 Å². The zero-order valence-corrected chi connectivity index (χ0v) is 11.9. The van der Waals surface area contributed by atoms with Crippen LogP contribution in [0.3, 0.4) is 0 Å². The van der Waals surface area contributed by atoms with Crippen molar-refractivity contribution in [3.8, 4) is 0 Å². The Labute approximate surface area is 120 Å².